The molecule has 0 saturated carbocycles. The van der Waals surface area contributed by atoms with Gasteiger partial charge in [-0.1, -0.05) is 12.1 Å². The van der Waals surface area contributed by atoms with E-state index in [9.17, 15) is 18.0 Å². The van der Waals surface area contributed by atoms with E-state index >= 15 is 0 Å². The fourth-order valence-corrected chi connectivity index (χ4v) is 3.45. The zero-order chi connectivity index (χ0) is 19.0. The van der Waals surface area contributed by atoms with E-state index in [2.05, 4.69) is 9.97 Å². The molecule has 4 rings (SSSR count). The van der Waals surface area contributed by atoms with Gasteiger partial charge < -0.3 is 14.6 Å². The Hall–Kier alpha value is -2.84. The minimum atomic E-state index is -4.42. The molecule has 1 N–H and O–H groups in total. The lowest BCUT2D eigenvalue weighted by atomic mass is 9.97. The van der Waals surface area contributed by atoms with Crippen LogP contribution in [0.25, 0.3) is 22.1 Å². The average Bonchev–Trinajstić information content (AvgIpc) is 3.04. The highest BCUT2D eigenvalue weighted by molar-refractivity contribution is 6.05. The molecule has 3 aromatic rings. The quantitative estimate of drug-likeness (QED) is 0.757. The van der Waals surface area contributed by atoms with Gasteiger partial charge in [-0.2, -0.15) is 13.2 Å². The monoisotopic (exact) mass is 378 g/mol. The maximum absolute atomic E-state index is 12.3. The summed E-state index contributed by atoms with van der Waals surface area (Å²) in [5.41, 5.74) is 1.89. The van der Waals surface area contributed by atoms with Gasteiger partial charge in [-0.15, -0.1) is 0 Å². The number of rotatable bonds is 3. The lowest BCUT2D eigenvalue weighted by Gasteiger charge is -2.32. The highest BCUT2D eigenvalue weighted by atomic mass is 19.4. The Morgan fingerprint density at radius 3 is 2.93 bits per heavy atom. The molecule has 1 fully saturated rings. The highest BCUT2D eigenvalue weighted by Crippen LogP contribution is 2.33. The van der Waals surface area contributed by atoms with E-state index in [1.54, 1.807) is 0 Å². The molecule has 2 aromatic heterocycles. The summed E-state index contributed by atoms with van der Waals surface area (Å²) in [6.07, 6.45) is -1.77. The van der Waals surface area contributed by atoms with E-state index in [0.29, 0.717) is 41.9 Å². The van der Waals surface area contributed by atoms with Gasteiger partial charge >= 0.3 is 6.18 Å². The van der Waals surface area contributed by atoms with Crippen LogP contribution in [0, 0.1) is 5.92 Å². The molecule has 3 heterocycles. The van der Waals surface area contributed by atoms with Crippen molar-refractivity contribution in [2.75, 3.05) is 24.5 Å². The van der Waals surface area contributed by atoms with Crippen molar-refractivity contribution in [3.05, 3.63) is 30.6 Å². The number of para-hydroxylation sites is 1. The molecule has 0 bridgehead atoms. The molecule has 1 atom stereocenters. The highest BCUT2D eigenvalue weighted by Gasteiger charge is 2.32. The van der Waals surface area contributed by atoms with Crippen LogP contribution < -0.4 is 10.2 Å². The number of furan rings is 1. The molecule has 1 aliphatic rings. The normalized spacial score (nSPS) is 18.2. The van der Waals surface area contributed by atoms with Gasteiger partial charge in [-0.3, -0.25) is 4.79 Å². The molecule has 1 aliphatic heterocycles. The van der Waals surface area contributed by atoms with Crippen molar-refractivity contribution in [2.24, 2.45) is 5.92 Å². The topological polar surface area (TPSA) is 71.3 Å². The molecule has 0 aliphatic carbocycles. The fraction of sp³-hybridized carbons (Fsp3) is 0.389. The predicted molar refractivity (Wildman–Crippen MR) is 93.3 cm³/mol. The minimum Gasteiger partial charge on any atom is -0.450 e. The van der Waals surface area contributed by atoms with Crippen molar-refractivity contribution in [3.63, 3.8) is 0 Å². The van der Waals surface area contributed by atoms with Crippen LogP contribution in [-0.4, -0.2) is 41.7 Å². The molecule has 6 nitrogen and oxygen atoms in total. The summed E-state index contributed by atoms with van der Waals surface area (Å²) >= 11 is 0. The number of halogens is 3. The van der Waals surface area contributed by atoms with Gasteiger partial charge in [-0.05, 0) is 25.0 Å². The second-order valence-corrected chi connectivity index (χ2v) is 6.59. The molecule has 0 spiro atoms. The first-order chi connectivity index (χ1) is 12.9. The predicted octanol–water partition coefficient (Wildman–Crippen LogP) is 3.27. The summed E-state index contributed by atoms with van der Waals surface area (Å²) in [4.78, 5) is 22.6. The van der Waals surface area contributed by atoms with E-state index in [0.717, 1.165) is 5.39 Å². The Morgan fingerprint density at radius 2 is 2.11 bits per heavy atom. The van der Waals surface area contributed by atoms with Crippen LogP contribution in [0.1, 0.15) is 12.8 Å². The van der Waals surface area contributed by atoms with E-state index in [1.165, 1.54) is 6.33 Å². The number of nitrogens with one attached hydrogen (secondary N) is 1. The molecular weight excluding hydrogens is 361 g/mol. The molecule has 1 saturated heterocycles. The van der Waals surface area contributed by atoms with E-state index in [1.807, 2.05) is 34.5 Å². The second kappa shape index (κ2) is 6.71. The van der Waals surface area contributed by atoms with Crippen molar-refractivity contribution in [3.8, 4) is 0 Å². The first-order valence-electron chi connectivity index (χ1n) is 8.64. The summed E-state index contributed by atoms with van der Waals surface area (Å²) in [7, 11) is 0. The van der Waals surface area contributed by atoms with Crippen LogP contribution in [0.4, 0.5) is 19.0 Å². The number of carbonyl (C=O) groups excluding carboxylic acids is 1. The van der Waals surface area contributed by atoms with Crippen LogP contribution in [0.2, 0.25) is 0 Å². The first kappa shape index (κ1) is 17.6. The molecule has 9 heteroatoms. The Morgan fingerprint density at radius 1 is 1.30 bits per heavy atom. The Labute approximate surface area is 152 Å². The average molecular weight is 378 g/mol. The van der Waals surface area contributed by atoms with Gasteiger partial charge in [-0.25, -0.2) is 9.97 Å². The van der Waals surface area contributed by atoms with Crippen molar-refractivity contribution in [1.82, 2.24) is 15.3 Å². The van der Waals surface area contributed by atoms with Crippen molar-refractivity contribution < 1.29 is 22.4 Å². The summed E-state index contributed by atoms with van der Waals surface area (Å²) in [6, 6.07) is 7.49. The van der Waals surface area contributed by atoms with Gasteiger partial charge in [0.25, 0.3) is 0 Å². The summed E-state index contributed by atoms with van der Waals surface area (Å²) in [5.74, 6) is -0.563. The number of piperidine rings is 1. The van der Waals surface area contributed by atoms with E-state index in [4.69, 9.17) is 4.42 Å². The molecular formula is C18H17F3N4O2. The number of fused-ring (bicyclic) bond motifs is 3. The maximum atomic E-state index is 12.3. The van der Waals surface area contributed by atoms with Crippen molar-refractivity contribution in [2.45, 2.75) is 19.0 Å². The molecule has 27 heavy (non-hydrogen) atoms. The summed E-state index contributed by atoms with van der Waals surface area (Å²) in [5, 5.41) is 2.84. The van der Waals surface area contributed by atoms with Crippen LogP contribution in [-0.2, 0) is 4.79 Å². The standard InChI is InChI=1S/C18H17F3N4O2/c19-18(20,21)9-22-17(26)11-4-3-7-25(8-11)16-15-14(23-10-24-16)12-5-1-2-6-13(12)27-15/h1-2,5-6,10-11H,3-4,7-9H2,(H,22,26). The minimum absolute atomic E-state index is 0.285. The zero-order valence-corrected chi connectivity index (χ0v) is 14.3. The molecule has 1 aromatic carbocycles. The Kier molecular flexibility index (Phi) is 4.37. The number of anilines is 1. The van der Waals surface area contributed by atoms with Crippen LogP contribution >= 0.6 is 0 Å². The number of benzene rings is 1. The molecule has 0 radical (unpaired) electrons. The third-order valence-corrected chi connectivity index (χ3v) is 4.69. The molecule has 1 unspecified atom stereocenters. The van der Waals surface area contributed by atoms with E-state index < -0.39 is 24.5 Å². The van der Waals surface area contributed by atoms with E-state index in [-0.39, 0.29) is 6.54 Å². The molecule has 1 amide bonds. The van der Waals surface area contributed by atoms with Gasteiger partial charge in [0.2, 0.25) is 5.91 Å². The number of alkyl halides is 3. The number of aromatic nitrogens is 2. The Balaban J connectivity index is 1.59. The first-order valence-corrected chi connectivity index (χ1v) is 8.64. The number of carbonyl (C=O) groups is 1. The third-order valence-electron chi connectivity index (χ3n) is 4.69. The van der Waals surface area contributed by atoms with Crippen molar-refractivity contribution in [1.29, 1.82) is 0 Å². The SMILES string of the molecule is O=C(NCC(F)(F)F)C1CCCN(c2ncnc3c2oc2ccccc23)C1. The second-order valence-electron chi connectivity index (χ2n) is 6.59. The summed E-state index contributed by atoms with van der Waals surface area (Å²) < 4.78 is 42.9. The van der Waals surface area contributed by atoms with Crippen LogP contribution in [0.3, 0.4) is 0 Å². The molecule has 142 valence electrons. The van der Waals surface area contributed by atoms with Gasteiger partial charge in [0, 0.05) is 18.5 Å². The largest absolute Gasteiger partial charge is 0.450 e. The summed E-state index contributed by atoms with van der Waals surface area (Å²) in [6.45, 7) is -0.386. The van der Waals surface area contributed by atoms with Crippen LogP contribution in [0.5, 0.6) is 0 Å². The third kappa shape index (κ3) is 3.54. The maximum Gasteiger partial charge on any atom is 0.405 e. The Bertz CT molecular complexity index is 986. The zero-order valence-electron chi connectivity index (χ0n) is 14.3. The lowest BCUT2D eigenvalue weighted by Crippen LogP contribution is -2.45. The lowest BCUT2D eigenvalue weighted by molar-refractivity contribution is -0.140. The van der Waals surface area contributed by atoms with Gasteiger partial charge in [0.1, 0.15) is 24.0 Å². The van der Waals surface area contributed by atoms with Gasteiger partial charge in [0.05, 0.1) is 5.92 Å². The van der Waals surface area contributed by atoms with Gasteiger partial charge in [0.15, 0.2) is 11.4 Å². The number of hydrogen-bond donors (Lipinski definition) is 1. The fourth-order valence-electron chi connectivity index (χ4n) is 3.45. The van der Waals surface area contributed by atoms with Crippen molar-refractivity contribution >= 4 is 33.8 Å². The number of amides is 1. The number of nitrogens with zero attached hydrogens (tertiary/aromatic N) is 3. The number of hydrogen-bond acceptors (Lipinski definition) is 5. The van der Waals surface area contributed by atoms with Crippen LogP contribution in [0.15, 0.2) is 35.0 Å². The smallest absolute Gasteiger partial charge is 0.405 e.